The second-order valence-electron chi connectivity index (χ2n) is 9.01. The molecule has 9 nitrogen and oxygen atoms in total. The van der Waals surface area contributed by atoms with Gasteiger partial charge in [0.25, 0.3) is 15.6 Å². The molecule has 0 unspecified atom stereocenters. The first-order chi connectivity index (χ1) is 17.2. The van der Waals surface area contributed by atoms with Crippen LogP contribution in [0.4, 0.5) is 20.6 Å². The highest BCUT2D eigenvalue weighted by Gasteiger charge is 2.37. The van der Waals surface area contributed by atoms with Crippen LogP contribution in [0.25, 0.3) is 0 Å². The van der Waals surface area contributed by atoms with E-state index in [1.54, 1.807) is 46.9 Å². The molecule has 2 aromatic carbocycles. The third kappa shape index (κ3) is 4.66. The van der Waals surface area contributed by atoms with Crippen molar-refractivity contribution >= 4 is 27.4 Å². The monoisotopic (exact) mass is 512 g/mol. The zero-order valence-electron chi connectivity index (χ0n) is 19.5. The van der Waals surface area contributed by atoms with E-state index in [0.29, 0.717) is 31.1 Å². The topological polar surface area (TPSA) is 110 Å². The highest BCUT2D eigenvalue weighted by molar-refractivity contribution is 7.92. The van der Waals surface area contributed by atoms with Gasteiger partial charge in [0.05, 0.1) is 12.0 Å². The molecule has 1 aromatic heterocycles. The Morgan fingerprint density at radius 3 is 2.56 bits per heavy atom. The van der Waals surface area contributed by atoms with Crippen molar-refractivity contribution in [2.24, 2.45) is 5.92 Å². The number of ether oxygens (including phenoxy) is 1. The molecule has 11 heteroatoms. The van der Waals surface area contributed by atoms with Crippen molar-refractivity contribution in [2.75, 3.05) is 30.2 Å². The zero-order valence-corrected chi connectivity index (χ0v) is 20.3. The minimum Gasteiger partial charge on any atom is -0.497 e. The van der Waals surface area contributed by atoms with Gasteiger partial charge in [0.2, 0.25) is 0 Å². The number of halogens is 1. The Kier molecular flexibility index (Phi) is 6.17. The lowest BCUT2D eigenvalue weighted by molar-refractivity contribution is 0.139. The maximum Gasteiger partial charge on any atom is 0.321 e. The summed E-state index contributed by atoms with van der Waals surface area (Å²) in [5.74, 6) is -0.0000684. The van der Waals surface area contributed by atoms with Gasteiger partial charge >= 0.3 is 6.03 Å². The first-order valence-electron chi connectivity index (χ1n) is 11.5. The minimum absolute atomic E-state index is 0.0469. The van der Waals surface area contributed by atoms with Gasteiger partial charge in [0.1, 0.15) is 17.3 Å². The minimum atomic E-state index is -4.13. The average molecular weight is 513 g/mol. The van der Waals surface area contributed by atoms with E-state index < -0.39 is 21.4 Å². The number of aromatic nitrogens is 1. The molecule has 2 amide bonds. The van der Waals surface area contributed by atoms with Crippen LogP contribution in [0.1, 0.15) is 18.0 Å². The lowest BCUT2D eigenvalue weighted by Crippen LogP contribution is -2.50. The Balaban J connectivity index is 1.33. The van der Waals surface area contributed by atoms with Gasteiger partial charge in [0, 0.05) is 36.9 Å². The Morgan fingerprint density at radius 2 is 1.83 bits per heavy atom. The quantitative estimate of drug-likeness (QED) is 0.544. The lowest BCUT2D eigenvalue weighted by Gasteiger charge is -2.42. The van der Waals surface area contributed by atoms with Crippen LogP contribution in [0, 0.1) is 11.7 Å². The molecule has 3 heterocycles. The van der Waals surface area contributed by atoms with Crippen molar-refractivity contribution in [3.05, 3.63) is 82.5 Å². The predicted molar refractivity (Wildman–Crippen MR) is 132 cm³/mol. The van der Waals surface area contributed by atoms with E-state index in [1.807, 2.05) is 0 Å². The molecular formula is C25H25FN4O5S. The van der Waals surface area contributed by atoms with E-state index in [9.17, 15) is 22.4 Å². The number of urea groups is 1. The average Bonchev–Trinajstić information content (AvgIpc) is 2.86. The normalized spacial score (nSPS) is 18.8. The van der Waals surface area contributed by atoms with Gasteiger partial charge < -0.3 is 19.5 Å². The molecule has 0 saturated carbocycles. The molecule has 2 bridgehead atoms. The number of methoxy groups -OCH3 is 1. The second-order valence-corrected chi connectivity index (χ2v) is 10.7. The van der Waals surface area contributed by atoms with Gasteiger partial charge in [-0.25, -0.2) is 17.6 Å². The number of rotatable bonds is 5. The maximum absolute atomic E-state index is 13.5. The zero-order chi connectivity index (χ0) is 25.4. The number of amides is 2. The van der Waals surface area contributed by atoms with Crippen molar-refractivity contribution in [1.29, 1.82) is 0 Å². The smallest absolute Gasteiger partial charge is 0.321 e. The molecular weight excluding hydrogens is 487 g/mol. The molecule has 2 aliphatic heterocycles. The summed E-state index contributed by atoms with van der Waals surface area (Å²) in [5.41, 5.74) is 0.852. The summed E-state index contributed by atoms with van der Waals surface area (Å²) in [7, 11) is -2.56. The molecule has 0 aliphatic carbocycles. The number of benzene rings is 2. The Labute approximate surface area is 207 Å². The highest BCUT2D eigenvalue weighted by Crippen LogP contribution is 2.36. The first-order valence-corrected chi connectivity index (χ1v) is 12.9. The number of pyridine rings is 1. The molecule has 36 heavy (non-hydrogen) atoms. The summed E-state index contributed by atoms with van der Waals surface area (Å²) in [6.07, 6.45) is 0.833. The summed E-state index contributed by atoms with van der Waals surface area (Å²) < 4.78 is 47.9. The molecule has 2 N–H and O–H groups in total. The van der Waals surface area contributed by atoms with Gasteiger partial charge in [-0.2, -0.15) is 0 Å². The molecule has 5 rings (SSSR count). The molecule has 3 aromatic rings. The fourth-order valence-electron chi connectivity index (χ4n) is 4.90. The molecule has 188 valence electrons. The maximum atomic E-state index is 13.5. The number of hydrogen-bond acceptors (Lipinski definition) is 5. The molecule has 1 saturated heterocycles. The number of anilines is 2. The van der Waals surface area contributed by atoms with Gasteiger partial charge in [-0.1, -0.05) is 6.07 Å². The van der Waals surface area contributed by atoms with E-state index in [1.165, 1.54) is 18.2 Å². The van der Waals surface area contributed by atoms with Crippen LogP contribution in [-0.4, -0.2) is 44.1 Å². The van der Waals surface area contributed by atoms with E-state index in [2.05, 4.69) is 10.0 Å². The lowest BCUT2D eigenvalue weighted by atomic mass is 9.83. The number of fused-ring (bicyclic) bond motifs is 4. The Morgan fingerprint density at radius 1 is 1.06 bits per heavy atom. The predicted octanol–water partition coefficient (Wildman–Crippen LogP) is 3.45. The van der Waals surface area contributed by atoms with E-state index in [4.69, 9.17) is 4.74 Å². The van der Waals surface area contributed by atoms with Crippen molar-refractivity contribution in [1.82, 2.24) is 9.47 Å². The number of nitrogens with one attached hydrogen (secondary N) is 2. The molecule has 0 spiro atoms. The summed E-state index contributed by atoms with van der Waals surface area (Å²) in [6.45, 7) is 1.28. The SMILES string of the molecule is COc1ccc(NC(=O)N2C[C@@H]3C[C@H](C2)c2ccc(NS(=O)(=O)c4cccc(F)c4)c(=O)n2C3)cc1. The number of likely N-dealkylation sites (tertiary alicyclic amines) is 1. The summed E-state index contributed by atoms with van der Waals surface area (Å²) in [4.78, 5) is 27.6. The highest BCUT2D eigenvalue weighted by atomic mass is 32.2. The van der Waals surface area contributed by atoms with Crippen molar-refractivity contribution in [2.45, 2.75) is 23.8 Å². The van der Waals surface area contributed by atoms with Crippen LogP contribution in [0.5, 0.6) is 5.75 Å². The summed E-state index contributed by atoms with van der Waals surface area (Å²) in [5, 5.41) is 2.90. The summed E-state index contributed by atoms with van der Waals surface area (Å²) >= 11 is 0. The number of piperidine rings is 1. The number of carbonyl (C=O) groups excluding carboxylic acids is 1. The van der Waals surface area contributed by atoms with E-state index in [-0.39, 0.29) is 28.4 Å². The largest absolute Gasteiger partial charge is 0.497 e. The third-order valence-corrected chi connectivity index (χ3v) is 7.95. The van der Waals surface area contributed by atoms with Crippen LogP contribution < -0.4 is 20.3 Å². The fraction of sp³-hybridized carbons (Fsp3) is 0.280. The van der Waals surface area contributed by atoms with Crippen molar-refractivity contribution in [3.8, 4) is 5.75 Å². The van der Waals surface area contributed by atoms with Crippen LogP contribution >= 0.6 is 0 Å². The fourth-order valence-corrected chi connectivity index (χ4v) is 5.99. The second kappa shape index (κ2) is 9.30. The number of sulfonamides is 1. The van der Waals surface area contributed by atoms with Crippen LogP contribution in [0.15, 0.2) is 70.4 Å². The van der Waals surface area contributed by atoms with Crippen molar-refractivity contribution in [3.63, 3.8) is 0 Å². The van der Waals surface area contributed by atoms with Gasteiger partial charge in [-0.15, -0.1) is 0 Å². The van der Waals surface area contributed by atoms with E-state index in [0.717, 1.165) is 24.2 Å². The Bertz CT molecular complexity index is 1470. The van der Waals surface area contributed by atoms with Gasteiger partial charge in [-0.3, -0.25) is 9.52 Å². The summed E-state index contributed by atoms with van der Waals surface area (Å²) in [6, 6.07) is 14.6. The Hall–Kier alpha value is -3.86. The molecule has 1 fully saturated rings. The molecule has 0 radical (unpaired) electrons. The van der Waals surface area contributed by atoms with Crippen molar-refractivity contribution < 1.29 is 22.3 Å². The molecule has 2 atom stereocenters. The van der Waals surface area contributed by atoms with Crippen LogP contribution in [0.2, 0.25) is 0 Å². The number of nitrogens with zero attached hydrogens (tertiary/aromatic N) is 2. The number of hydrogen-bond donors (Lipinski definition) is 2. The first kappa shape index (κ1) is 23.9. The van der Waals surface area contributed by atoms with E-state index >= 15 is 0 Å². The third-order valence-electron chi connectivity index (χ3n) is 6.58. The molecule has 2 aliphatic rings. The van der Waals surface area contributed by atoms with Crippen LogP contribution in [0.3, 0.4) is 0 Å². The number of carbonyl (C=O) groups is 1. The van der Waals surface area contributed by atoms with Crippen LogP contribution in [-0.2, 0) is 16.6 Å². The standard InChI is InChI=1S/C25H25FN4O5S/c1-35-20-7-5-19(6-8-20)27-25(32)29-13-16-11-17(15-29)23-10-9-22(24(31)30(23)14-16)28-36(33,34)21-4-2-3-18(26)12-21/h2-10,12,16-17,28H,11,13-15H2,1H3,(H,27,32)/t16-,17+/m0/s1. The van der Waals surface area contributed by atoms with Gasteiger partial charge in [0.15, 0.2) is 0 Å². The van der Waals surface area contributed by atoms with Gasteiger partial charge in [-0.05, 0) is 66.9 Å².